The van der Waals surface area contributed by atoms with Crippen LogP contribution >= 0.6 is 0 Å². The lowest BCUT2D eigenvalue weighted by atomic mass is 10.1. The Labute approximate surface area is 282 Å². The van der Waals surface area contributed by atoms with Gasteiger partial charge in [0.2, 0.25) is 0 Å². The number of nitrogens with zero attached hydrogens (tertiary/aromatic N) is 6. The zero-order valence-corrected chi connectivity index (χ0v) is 28.1. The number of piperazine rings is 1. The Balaban J connectivity index is 0.00000197. The zero-order chi connectivity index (χ0) is 33.6. The van der Waals surface area contributed by atoms with Gasteiger partial charge in [-0.1, -0.05) is 0 Å². The Morgan fingerprint density at radius 2 is 1.19 bits per heavy atom. The summed E-state index contributed by atoms with van der Waals surface area (Å²) in [5.41, 5.74) is 2.40. The number of fused-ring (bicyclic) bond motifs is 4. The first-order valence-corrected chi connectivity index (χ1v) is 16.9. The number of hydrogen-bond acceptors (Lipinski definition) is 10. The van der Waals surface area contributed by atoms with Gasteiger partial charge in [0.25, 0.3) is 11.8 Å². The van der Waals surface area contributed by atoms with Crippen molar-refractivity contribution in [2.75, 3.05) is 73.4 Å². The lowest BCUT2D eigenvalue weighted by molar-refractivity contribution is 0.0630. The van der Waals surface area contributed by atoms with E-state index in [-0.39, 0.29) is 23.9 Å². The topological polar surface area (TPSA) is 109 Å². The molecule has 0 saturated carbocycles. The van der Waals surface area contributed by atoms with Crippen LogP contribution in [0.2, 0.25) is 0 Å². The van der Waals surface area contributed by atoms with E-state index in [1.54, 1.807) is 26.4 Å². The van der Waals surface area contributed by atoms with E-state index in [9.17, 15) is 9.59 Å². The zero-order valence-electron chi connectivity index (χ0n) is 28.1. The molecular formula is C36H46N6O6. The second-order valence-corrected chi connectivity index (χ2v) is 12.4. The molecule has 0 N–H and O–H groups in total. The standard InChI is InChI=1S/C34H42N6O6.C2H4/c1-43-29-16-25-27(35-20-23-6-3-9-39(23)33(25)41)18-31(29)45-15-5-8-37-11-13-38(14-12-37)22-46-32-19-28-26(17-30(32)44-2)34(42)40-10-4-7-24(40)21-36-28;1-2/h16-21,23-24H,3-15,22H2,1-2H3;1-2H2/t23-,24-;/m0./s1. The third kappa shape index (κ3) is 6.91. The number of hydrogen-bond donors (Lipinski definition) is 0. The van der Waals surface area contributed by atoms with Crippen LogP contribution in [0.4, 0.5) is 11.4 Å². The number of benzene rings is 2. The molecule has 5 aliphatic heterocycles. The van der Waals surface area contributed by atoms with E-state index in [2.05, 4.69) is 32.9 Å². The van der Waals surface area contributed by atoms with Gasteiger partial charge in [0.15, 0.2) is 23.0 Å². The number of carbonyl (C=O) groups excluding carboxylic acids is 2. The molecule has 256 valence electrons. The van der Waals surface area contributed by atoms with Crippen molar-refractivity contribution in [1.29, 1.82) is 0 Å². The van der Waals surface area contributed by atoms with Crippen LogP contribution < -0.4 is 18.9 Å². The average Bonchev–Trinajstić information content (AvgIpc) is 3.76. The van der Waals surface area contributed by atoms with Crippen LogP contribution in [-0.4, -0.2) is 129 Å². The van der Waals surface area contributed by atoms with Crippen molar-refractivity contribution in [1.82, 2.24) is 19.6 Å². The third-order valence-electron chi connectivity index (χ3n) is 9.66. The number of aliphatic imine (C=N–C) groups is 2. The van der Waals surface area contributed by atoms with Crippen LogP contribution in [0.25, 0.3) is 0 Å². The molecule has 0 aliphatic carbocycles. The second kappa shape index (κ2) is 15.2. The molecule has 0 spiro atoms. The van der Waals surface area contributed by atoms with E-state index in [4.69, 9.17) is 18.9 Å². The minimum Gasteiger partial charge on any atom is -0.493 e. The van der Waals surface area contributed by atoms with Crippen LogP contribution in [0.15, 0.2) is 47.4 Å². The fourth-order valence-corrected chi connectivity index (χ4v) is 7.01. The van der Waals surface area contributed by atoms with Crippen LogP contribution in [-0.2, 0) is 0 Å². The molecule has 12 heteroatoms. The van der Waals surface area contributed by atoms with Gasteiger partial charge in [-0.05, 0) is 44.2 Å². The van der Waals surface area contributed by atoms with Gasteiger partial charge < -0.3 is 33.6 Å². The highest BCUT2D eigenvalue weighted by Crippen LogP contribution is 2.39. The summed E-state index contributed by atoms with van der Waals surface area (Å²) in [7, 11) is 3.20. The normalized spacial score (nSPS) is 21.7. The number of amides is 2. The summed E-state index contributed by atoms with van der Waals surface area (Å²) < 4.78 is 23.5. The van der Waals surface area contributed by atoms with Crippen molar-refractivity contribution in [3.8, 4) is 23.0 Å². The fraction of sp³-hybridized carbons (Fsp3) is 0.500. The number of methoxy groups -OCH3 is 2. The molecule has 7 rings (SSSR count). The lowest BCUT2D eigenvalue weighted by Crippen LogP contribution is -2.47. The second-order valence-electron chi connectivity index (χ2n) is 12.4. The van der Waals surface area contributed by atoms with Gasteiger partial charge in [-0.25, -0.2) is 0 Å². The number of ether oxygens (including phenoxy) is 4. The monoisotopic (exact) mass is 658 g/mol. The minimum absolute atomic E-state index is 0.00419. The molecule has 0 unspecified atom stereocenters. The Hall–Kier alpha value is -4.42. The van der Waals surface area contributed by atoms with Crippen LogP contribution in [0.3, 0.4) is 0 Å². The first-order valence-electron chi connectivity index (χ1n) is 16.9. The van der Waals surface area contributed by atoms with E-state index in [0.29, 0.717) is 58.8 Å². The van der Waals surface area contributed by atoms with Gasteiger partial charge in [-0.3, -0.25) is 24.5 Å². The molecule has 48 heavy (non-hydrogen) atoms. The summed E-state index contributed by atoms with van der Waals surface area (Å²) in [6.45, 7) is 13.0. The Bertz CT molecular complexity index is 1550. The predicted molar refractivity (Wildman–Crippen MR) is 185 cm³/mol. The fourth-order valence-electron chi connectivity index (χ4n) is 7.01. The van der Waals surface area contributed by atoms with Crippen LogP contribution in [0.5, 0.6) is 23.0 Å². The summed E-state index contributed by atoms with van der Waals surface area (Å²) in [6, 6.07) is 7.32. The molecular weight excluding hydrogens is 612 g/mol. The molecule has 2 amide bonds. The van der Waals surface area contributed by atoms with E-state index in [1.807, 2.05) is 34.4 Å². The molecule has 3 fully saturated rings. The molecule has 5 heterocycles. The maximum atomic E-state index is 13.1. The number of carbonyl (C=O) groups is 2. The molecule has 0 radical (unpaired) electrons. The first kappa shape index (κ1) is 33.5. The van der Waals surface area contributed by atoms with Crippen molar-refractivity contribution < 1.29 is 28.5 Å². The Kier molecular flexibility index (Phi) is 10.6. The number of rotatable bonds is 10. The first-order chi connectivity index (χ1) is 23.5. The highest BCUT2D eigenvalue weighted by Gasteiger charge is 2.34. The summed E-state index contributed by atoms with van der Waals surface area (Å²) in [6.07, 6.45) is 8.54. The van der Waals surface area contributed by atoms with E-state index < -0.39 is 0 Å². The molecule has 2 aromatic carbocycles. The maximum absolute atomic E-state index is 13.1. The summed E-state index contributed by atoms with van der Waals surface area (Å²) >= 11 is 0. The third-order valence-corrected chi connectivity index (χ3v) is 9.66. The van der Waals surface area contributed by atoms with Crippen molar-refractivity contribution in [2.24, 2.45) is 9.98 Å². The molecule has 0 aromatic heterocycles. The van der Waals surface area contributed by atoms with Crippen LogP contribution in [0, 0.1) is 0 Å². The van der Waals surface area contributed by atoms with Crippen LogP contribution in [0.1, 0.15) is 52.8 Å². The van der Waals surface area contributed by atoms with E-state index >= 15 is 0 Å². The van der Waals surface area contributed by atoms with Gasteiger partial charge in [-0.15, -0.1) is 13.2 Å². The minimum atomic E-state index is 0.00419. The molecule has 2 aromatic rings. The Morgan fingerprint density at radius 1 is 0.688 bits per heavy atom. The Morgan fingerprint density at radius 3 is 1.71 bits per heavy atom. The smallest absolute Gasteiger partial charge is 0.256 e. The summed E-state index contributed by atoms with van der Waals surface area (Å²) in [5.74, 6) is 2.31. The largest absolute Gasteiger partial charge is 0.493 e. The quantitative estimate of drug-likeness (QED) is 0.270. The van der Waals surface area contributed by atoms with Crippen molar-refractivity contribution in [3.05, 3.63) is 48.6 Å². The lowest BCUT2D eigenvalue weighted by Gasteiger charge is -2.34. The molecule has 2 atom stereocenters. The molecule has 0 bridgehead atoms. The van der Waals surface area contributed by atoms with Gasteiger partial charge in [-0.2, -0.15) is 0 Å². The SMILES string of the molecule is C=C.COc1cc2c(cc1OCCCN1CCN(COc3cc4c(cc3OC)C(=O)N3CCC[C@H]3C=N4)CC1)N=C[C@@H]1CCCN1C2=O. The van der Waals surface area contributed by atoms with Gasteiger partial charge in [0.1, 0.15) is 6.73 Å². The predicted octanol–water partition coefficient (Wildman–Crippen LogP) is 4.57. The molecule has 12 nitrogen and oxygen atoms in total. The average molecular weight is 659 g/mol. The summed E-state index contributed by atoms with van der Waals surface area (Å²) in [5, 5.41) is 0. The summed E-state index contributed by atoms with van der Waals surface area (Å²) in [4.78, 5) is 44.0. The van der Waals surface area contributed by atoms with Crippen molar-refractivity contribution in [3.63, 3.8) is 0 Å². The van der Waals surface area contributed by atoms with Gasteiger partial charge in [0, 0.05) is 70.4 Å². The highest BCUT2D eigenvalue weighted by atomic mass is 16.5. The van der Waals surface area contributed by atoms with Gasteiger partial charge in [0.05, 0.1) is 55.4 Å². The van der Waals surface area contributed by atoms with E-state index in [0.717, 1.165) is 77.9 Å². The van der Waals surface area contributed by atoms with Crippen molar-refractivity contribution in [2.45, 2.75) is 44.2 Å². The van der Waals surface area contributed by atoms with Gasteiger partial charge >= 0.3 is 0 Å². The maximum Gasteiger partial charge on any atom is 0.256 e. The van der Waals surface area contributed by atoms with Crippen molar-refractivity contribution >= 4 is 35.6 Å². The molecule has 3 saturated heterocycles. The highest BCUT2D eigenvalue weighted by molar-refractivity contribution is 6.04. The molecule has 5 aliphatic rings. The van der Waals surface area contributed by atoms with E-state index in [1.165, 1.54) is 0 Å².